The van der Waals surface area contributed by atoms with Crippen molar-refractivity contribution in [3.8, 4) is 0 Å². The minimum Gasteiger partial charge on any atom is -0.306 e. The molecule has 1 atom stereocenters. The van der Waals surface area contributed by atoms with Crippen LogP contribution in [0.1, 0.15) is 34.7 Å². The molecule has 0 saturated carbocycles. The fraction of sp³-hybridized carbons (Fsp3) is 0.190. The van der Waals surface area contributed by atoms with E-state index in [0.29, 0.717) is 6.04 Å². The van der Waals surface area contributed by atoms with Gasteiger partial charge in [0.05, 0.1) is 0 Å². The number of aryl methyl sites for hydroxylation is 1. The summed E-state index contributed by atoms with van der Waals surface area (Å²) in [6.07, 6.45) is 5.09. The van der Waals surface area contributed by atoms with Gasteiger partial charge in [-0.05, 0) is 70.1 Å². The largest absolute Gasteiger partial charge is 0.306 e. The van der Waals surface area contributed by atoms with E-state index in [1.54, 1.807) is 22.9 Å². The maximum atomic E-state index is 11.1. The predicted octanol–water partition coefficient (Wildman–Crippen LogP) is 4.85. The lowest BCUT2D eigenvalue weighted by Gasteiger charge is -2.14. The summed E-state index contributed by atoms with van der Waals surface area (Å²) in [4.78, 5) is 11.1. The standard InChI is InChI=1S/C21H19ClN2O2S/c22-16-4-7-20-18(10-16)15(12-27-20)11-23-19-6-3-14-9-13(1-5-17(14)19)2-8-21(25)24-26/h1-2,4-5,7-10,12,19,23,26H,3,6,11H2,(H,24,25)/b8-2+. The highest BCUT2D eigenvalue weighted by Crippen LogP contribution is 2.34. The van der Waals surface area contributed by atoms with Crippen molar-refractivity contribution in [3.63, 3.8) is 0 Å². The third-order valence-electron chi connectivity index (χ3n) is 4.94. The zero-order chi connectivity index (χ0) is 18.8. The third-order valence-corrected chi connectivity index (χ3v) is 6.18. The number of rotatable bonds is 5. The van der Waals surface area contributed by atoms with Gasteiger partial charge in [0.15, 0.2) is 0 Å². The van der Waals surface area contributed by atoms with Gasteiger partial charge in [0.1, 0.15) is 0 Å². The van der Waals surface area contributed by atoms with Crippen LogP contribution in [-0.2, 0) is 17.8 Å². The van der Waals surface area contributed by atoms with Crippen LogP contribution in [0, 0.1) is 0 Å². The molecule has 138 valence electrons. The lowest BCUT2D eigenvalue weighted by Crippen LogP contribution is -2.18. The Hall–Kier alpha value is -2.18. The second kappa shape index (κ2) is 7.82. The topological polar surface area (TPSA) is 61.4 Å². The average molecular weight is 399 g/mol. The zero-order valence-electron chi connectivity index (χ0n) is 14.5. The van der Waals surface area contributed by atoms with E-state index in [1.807, 2.05) is 18.2 Å². The number of thiophene rings is 1. The van der Waals surface area contributed by atoms with Gasteiger partial charge in [-0.1, -0.05) is 29.8 Å². The fourth-order valence-corrected chi connectivity index (χ4v) is 4.70. The zero-order valence-corrected chi connectivity index (χ0v) is 16.1. The monoisotopic (exact) mass is 398 g/mol. The first kappa shape index (κ1) is 18.2. The fourth-order valence-electron chi connectivity index (χ4n) is 3.59. The maximum Gasteiger partial charge on any atom is 0.267 e. The summed E-state index contributed by atoms with van der Waals surface area (Å²) < 4.78 is 1.26. The highest BCUT2D eigenvalue weighted by Gasteiger charge is 2.22. The van der Waals surface area contributed by atoms with Gasteiger partial charge < -0.3 is 5.32 Å². The highest BCUT2D eigenvalue weighted by molar-refractivity contribution is 7.17. The smallest absolute Gasteiger partial charge is 0.267 e. The Morgan fingerprint density at radius 1 is 1.30 bits per heavy atom. The lowest BCUT2D eigenvalue weighted by molar-refractivity contribution is -0.124. The Morgan fingerprint density at radius 3 is 3.04 bits per heavy atom. The van der Waals surface area contributed by atoms with E-state index in [4.69, 9.17) is 16.8 Å². The first-order chi connectivity index (χ1) is 13.1. The van der Waals surface area contributed by atoms with Crippen LogP contribution >= 0.6 is 22.9 Å². The van der Waals surface area contributed by atoms with Crippen molar-refractivity contribution in [1.82, 2.24) is 10.8 Å². The van der Waals surface area contributed by atoms with Crippen molar-refractivity contribution in [1.29, 1.82) is 0 Å². The van der Waals surface area contributed by atoms with Crippen molar-refractivity contribution >= 4 is 45.0 Å². The molecule has 4 rings (SSSR count). The molecule has 3 N–H and O–H groups in total. The molecular weight excluding hydrogens is 380 g/mol. The molecule has 0 aliphatic heterocycles. The number of hydrogen-bond acceptors (Lipinski definition) is 4. The van der Waals surface area contributed by atoms with Gasteiger partial charge >= 0.3 is 0 Å². The van der Waals surface area contributed by atoms with Gasteiger partial charge in [0, 0.05) is 28.4 Å². The number of halogens is 1. The molecular formula is C21H19ClN2O2S. The van der Waals surface area contributed by atoms with Gasteiger partial charge in [0.25, 0.3) is 5.91 Å². The number of amides is 1. The molecule has 0 fully saturated rings. The number of fused-ring (bicyclic) bond motifs is 2. The maximum absolute atomic E-state index is 11.1. The Labute approximate surface area is 166 Å². The second-order valence-electron chi connectivity index (χ2n) is 6.64. The number of hydroxylamine groups is 1. The van der Waals surface area contributed by atoms with Crippen LogP contribution in [0.5, 0.6) is 0 Å². The van der Waals surface area contributed by atoms with Crippen LogP contribution in [0.3, 0.4) is 0 Å². The molecule has 1 amide bonds. The molecule has 1 aliphatic rings. The number of carbonyl (C=O) groups is 1. The molecule has 1 unspecified atom stereocenters. The number of benzene rings is 2. The van der Waals surface area contributed by atoms with E-state index in [0.717, 1.165) is 30.0 Å². The molecule has 27 heavy (non-hydrogen) atoms. The van der Waals surface area contributed by atoms with E-state index >= 15 is 0 Å². The first-order valence-electron chi connectivity index (χ1n) is 8.78. The van der Waals surface area contributed by atoms with Gasteiger partial charge in [-0.3, -0.25) is 10.0 Å². The van der Waals surface area contributed by atoms with Crippen LogP contribution in [0.2, 0.25) is 5.02 Å². The first-order valence-corrected chi connectivity index (χ1v) is 10.0. The molecule has 0 bridgehead atoms. The second-order valence-corrected chi connectivity index (χ2v) is 7.99. The van der Waals surface area contributed by atoms with Crippen molar-refractivity contribution in [3.05, 3.63) is 75.1 Å². The van der Waals surface area contributed by atoms with Gasteiger partial charge in [-0.25, -0.2) is 5.48 Å². The van der Waals surface area contributed by atoms with Gasteiger partial charge in [-0.15, -0.1) is 11.3 Å². The molecule has 4 nitrogen and oxygen atoms in total. The van der Waals surface area contributed by atoms with Crippen molar-refractivity contribution in [2.45, 2.75) is 25.4 Å². The number of hydrogen-bond donors (Lipinski definition) is 3. The van der Waals surface area contributed by atoms with E-state index in [1.165, 1.54) is 32.9 Å². The average Bonchev–Trinajstić information content (AvgIpc) is 3.27. The lowest BCUT2D eigenvalue weighted by atomic mass is 10.0. The summed E-state index contributed by atoms with van der Waals surface area (Å²) in [6.45, 7) is 0.808. The number of nitrogens with one attached hydrogen (secondary N) is 2. The Kier molecular flexibility index (Phi) is 5.27. The normalized spacial score (nSPS) is 16.1. The molecule has 0 radical (unpaired) electrons. The van der Waals surface area contributed by atoms with Crippen LogP contribution in [-0.4, -0.2) is 11.1 Å². The van der Waals surface area contributed by atoms with Crippen LogP contribution in [0.25, 0.3) is 16.2 Å². The van der Waals surface area contributed by atoms with Crippen molar-refractivity contribution in [2.75, 3.05) is 0 Å². The van der Waals surface area contributed by atoms with Crippen molar-refractivity contribution in [2.24, 2.45) is 0 Å². The Bertz CT molecular complexity index is 1030. The van der Waals surface area contributed by atoms with Crippen molar-refractivity contribution < 1.29 is 10.0 Å². The summed E-state index contributed by atoms with van der Waals surface area (Å²) in [5.41, 5.74) is 6.45. The van der Waals surface area contributed by atoms with E-state index in [-0.39, 0.29) is 0 Å². The molecule has 1 aliphatic carbocycles. The van der Waals surface area contributed by atoms with E-state index in [2.05, 4.69) is 28.9 Å². The van der Waals surface area contributed by atoms with E-state index in [9.17, 15) is 4.79 Å². The van der Waals surface area contributed by atoms with E-state index < -0.39 is 5.91 Å². The third kappa shape index (κ3) is 3.92. The number of carbonyl (C=O) groups excluding carboxylic acids is 1. The molecule has 1 aromatic heterocycles. The van der Waals surface area contributed by atoms with Gasteiger partial charge in [0.2, 0.25) is 0 Å². The molecule has 0 spiro atoms. The SMILES string of the molecule is O=C(/C=C/c1ccc2c(c1)CCC2NCc1csc2ccc(Cl)cc12)NO. The summed E-state index contributed by atoms with van der Waals surface area (Å²) in [5.74, 6) is -0.530. The van der Waals surface area contributed by atoms with Crippen LogP contribution < -0.4 is 10.8 Å². The summed E-state index contributed by atoms with van der Waals surface area (Å²) >= 11 is 7.90. The minimum absolute atomic E-state index is 0.327. The summed E-state index contributed by atoms with van der Waals surface area (Å²) in [6, 6.07) is 12.6. The predicted molar refractivity (Wildman–Crippen MR) is 110 cm³/mol. The highest BCUT2D eigenvalue weighted by atomic mass is 35.5. The minimum atomic E-state index is -0.530. The molecule has 2 aromatic carbocycles. The van der Waals surface area contributed by atoms with Gasteiger partial charge in [-0.2, -0.15) is 0 Å². The molecule has 0 saturated heterocycles. The Morgan fingerprint density at radius 2 is 2.19 bits per heavy atom. The van der Waals surface area contributed by atoms with Crippen LogP contribution in [0.4, 0.5) is 0 Å². The quantitative estimate of drug-likeness (QED) is 0.327. The molecule has 1 heterocycles. The Balaban J connectivity index is 1.47. The summed E-state index contributed by atoms with van der Waals surface area (Å²) in [5, 5.41) is 16.4. The molecule has 6 heteroatoms. The van der Waals surface area contributed by atoms with Crippen LogP contribution in [0.15, 0.2) is 47.9 Å². The molecule has 3 aromatic rings. The summed E-state index contributed by atoms with van der Waals surface area (Å²) in [7, 11) is 0.